The second-order valence-corrected chi connectivity index (χ2v) is 7.53. The van der Waals surface area contributed by atoms with Crippen LogP contribution in [-0.2, 0) is 22.6 Å². The molecule has 1 amide bonds. The van der Waals surface area contributed by atoms with E-state index in [1.165, 1.54) is 5.56 Å². The molecule has 3 N–H and O–H groups in total. The third kappa shape index (κ3) is 4.90. The maximum atomic E-state index is 12.7. The van der Waals surface area contributed by atoms with Crippen molar-refractivity contribution < 1.29 is 9.53 Å². The van der Waals surface area contributed by atoms with Crippen LogP contribution in [0.4, 0.5) is 0 Å². The summed E-state index contributed by atoms with van der Waals surface area (Å²) in [4.78, 5) is 14.8. The lowest BCUT2D eigenvalue weighted by atomic mass is 9.54. The fourth-order valence-electron chi connectivity index (χ4n) is 3.38. The molecule has 26 heavy (non-hydrogen) atoms. The van der Waals surface area contributed by atoms with E-state index in [0.29, 0.717) is 19.6 Å². The van der Waals surface area contributed by atoms with Crippen molar-refractivity contribution in [1.29, 1.82) is 0 Å². The lowest BCUT2D eigenvalue weighted by Gasteiger charge is -2.57. The Morgan fingerprint density at radius 2 is 1.85 bits per heavy atom. The molecule has 0 aliphatic heterocycles. The van der Waals surface area contributed by atoms with Crippen molar-refractivity contribution in [2.45, 2.75) is 51.9 Å². The lowest BCUT2D eigenvalue weighted by Crippen LogP contribution is -2.75. The highest BCUT2D eigenvalue weighted by molar-refractivity contribution is 5.88. The summed E-state index contributed by atoms with van der Waals surface area (Å²) in [5, 5.41) is 3.04. The third-order valence-electron chi connectivity index (χ3n) is 5.28. The Kier molecular flexibility index (Phi) is 9.58. The Bertz CT molecular complexity index is 596. The topological polar surface area (TPSA) is 67.6 Å². The molecule has 150 valence electrons. The number of hydrogen-bond donors (Lipinski definition) is 2. The Balaban J connectivity index is 0.00000312. The number of nitrogens with two attached hydrogens (primary N) is 1. The van der Waals surface area contributed by atoms with E-state index in [2.05, 4.69) is 22.3 Å². The van der Waals surface area contributed by atoms with Gasteiger partial charge in [0.1, 0.15) is 5.54 Å². The van der Waals surface area contributed by atoms with E-state index >= 15 is 0 Å². The largest absolute Gasteiger partial charge is 0.378 e. The molecule has 0 bridgehead atoms. The standard InChI is InChI=1S/C19H31N3O2.2ClH/c1-6-24-16-11-19(20,18(16,2)3)17(23)21-12-14-9-7-8-10-15(14)13-22(4)5;;/h7-10,16H,6,11-13,20H2,1-5H3,(H,21,23);2*1H. The van der Waals surface area contributed by atoms with Gasteiger partial charge in [-0.05, 0) is 32.1 Å². The van der Waals surface area contributed by atoms with E-state index in [1.54, 1.807) is 0 Å². The van der Waals surface area contributed by atoms with Crippen molar-refractivity contribution in [1.82, 2.24) is 10.2 Å². The molecule has 1 saturated carbocycles. The van der Waals surface area contributed by atoms with Crippen LogP contribution in [0.3, 0.4) is 0 Å². The van der Waals surface area contributed by atoms with Crippen molar-refractivity contribution in [2.24, 2.45) is 11.1 Å². The normalized spacial score (nSPS) is 23.4. The predicted molar refractivity (Wildman–Crippen MR) is 111 cm³/mol. The zero-order chi connectivity index (χ0) is 18.0. The van der Waals surface area contributed by atoms with Gasteiger partial charge in [0.05, 0.1) is 6.10 Å². The minimum atomic E-state index is -0.872. The highest BCUT2D eigenvalue weighted by Crippen LogP contribution is 2.49. The van der Waals surface area contributed by atoms with Crippen LogP contribution in [0.25, 0.3) is 0 Å². The van der Waals surface area contributed by atoms with Crippen LogP contribution in [-0.4, -0.2) is 43.2 Å². The molecular weight excluding hydrogens is 373 g/mol. The molecule has 0 heterocycles. The second-order valence-electron chi connectivity index (χ2n) is 7.53. The molecule has 2 rings (SSSR count). The zero-order valence-electron chi connectivity index (χ0n) is 16.4. The van der Waals surface area contributed by atoms with Crippen LogP contribution in [0, 0.1) is 5.41 Å². The Morgan fingerprint density at radius 3 is 2.35 bits per heavy atom. The third-order valence-corrected chi connectivity index (χ3v) is 5.28. The van der Waals surface area contributed by atoms with Crippen molar-refractivity contribution >= 4 is 30.7 Å². The van der Waals surface area contributed by atoms with E-state index in [-0.39, 0.29) is 42.2 Å². The van der Waals surface area contributed by atoms with Crippen LogP contribution >= 0.6 is 24.8 Å². The first kappa shape index (κ1) is 25.1. The van der Waals surface area contributed by atoms with Crippen molar-refractivity contribution in [2.75, 3.05) is 20.7 Å². The molecule has 7 heteroatoms. The molecule has 1 fully saturated rings. The number of ether oxygens (including phenoxy) is 1. The van der Waals surface area contributed by atoms with Crippen LogP contribution in [0.15, 0.2) is 24.3 Å². The average Bonchev–Trinajstić information content (AvgIpc) is 2.52. The van der Waals surface area contributed by atoms with Gasteiger partial charge in [0.15, 0.2) is 0 Å². The summed E-state index contributed by atoms with van der Waals surface area (Å²) in [7, 11) is 4.07. The van der Waals surface area contributed by atoms with Gasteiger partial charge in [-0.25, -0.2) is 0 Å². The van der Waals surface area contributed by atoms with Crippen molar-refractivity contribution in [3.63, 3.8) is 0 Å². The number of hydrogen-bond acceptors (Lipinski definition) is 4. The van der Waals surface area contributed by atoms with E-state index in [4.69, 9.17) is 10.5 Å². The van der Waals surface area contributed by atoms with Gasteiger partial charge in [-0.1, -0.05) is 38.1 Å². The lowest BCUT2D eigenvalue weighted by molar-refractivity contribution is -0.170. The number of nitrogens with one attached hydrogen (secondary N) is 1. The molecule has 2 atom stereocenters. The van der Waals surface area contributed by atoms with E-state index in [1.807, 2.05) is 47.0 Å². The first-order chi connectivity index (χ1) is 11.2. The van der Waals surface area contributed by atoms with Gasteiger partial charge in [-0.15, -0.1) is 24.8 Å². The minimum absolute atomic E-state index is 0. The minimum Gasteiger partial charge on any atom is -0.378 e. The summed E-state index contributed by atoms with van der Waals surface area (Å²) in [6, 6.07) is 8.17. The molecule has 0 spiro atoms. The van der Waals surface area contributed by atoms with E-state index in [9.17, 15) is 4.79 Å². The van der Waals surface area contributed by atoms with Crippen LogP contribution in [0.2, 0.25) is 0 Å². The summed E-state index contributed by atoms with van der Waals surface area (Å²) in [6.07, 6.45) is 0.609. The molecular formula is C19H33Cl2N3O2. The van der Waals surface area contributed by atoms with Gasteiger partial charge >= 0.3 is 0 Å². The Morgan fingerprint density at radius 1 is 1.27 bits per heavy atom. The molecule has 1 aromatic rings. The maximum absolute atomic E-state index is 12.7. The first-order valence-corrected chi connectivity index (χ1v) is 8.62. The van der Waals surface area contributed by atoms with Crippen molar-refractivity contribution in [3.8, 4) is 0 Å². The van der Waals surface area contributed by atoms with Gasteiger partial charge < -0.3 is 20.7 Å². The molecule has 0 saturated heterocycles. The molecule has 1 aromatic carbocycles. The van der Waals surface area contributed by atoms with Crippen molar-refractivity contribution in [3.05, 3.63) is 35.4 Å². The molecule has 1 aliphatic rings. The second kappa shape index (κ2) is 9.90. The number of nitrogens with zero attached hydrogens (tertiary/aromatic N) is 1. The van der Waals surface area contributed by atoms with Gasteiger partial charge in [-0.2, -0.15) is 0 Å². The van der Waals surface area contributed by atoms with Gasteiger partial charge in [-0.3, -0.25) is 4.79 Å². The SMILES string of the molecule is CCOC1CC(N)(C(=O)NCc2ccccc2CN(C)C)C1(C)C.Cl.Cl. The monoisotopic (exact) mass is 405 g/mol. The van der Waals surface area contributed by atoms with Crippen LogP contribution in [0.1, 0.15) is 38.3 Å². The number of amides is 1. The van der Waals surface area contributed by atoms with Gasteiger partial charge in [0.25, 0.3) is 0 Å². The Labute approximate surface area is 169 Å². The number of rotatable bonds is 7. The summed E-state index contributed by atoms with van der Waals surface area (Å²) < 4.78 is 5.70. The van der Waals surface area contributed by atoms with Gasteiger partial charge in [0.2, 0.25) is 5.91 Å². The van der Waals surface area contributed by atoms with Crippen LogP contribution in [0.5, 0.6) is 0 Å². The first-order valence-electron chi connectivity index (χ1n) is 8.62. The Hall–Kier alpha value is -0.850. The molecule has 0 aromatic heterocycles. The van der Waals surface area contributed by atoms with E-state index < -0.39 is 5.54 Å². The predicted octanol–water partition coefficient (Wildman–Crippen LogP) is 2.74. The van der Waals surface area contributed by atoms with E-state index in [0.717, 1.165) is 12.1 Å². The number of benzene rings is 1. The molecule has 0 radical (unpaired) electrons. The maximum Gasteiger partial charge on any atom is 0.241 e. The highest BCUT2D eigenvalue weighted by Gasteiger charge is 2.62. The summed E-state index contributed by atoms with van der Waals surface area (Å²) >= 11 is 0. The summed E-state index contributed by atoms with van der Waals surface area (Å²) in [5.41, 5.74) is 7.53. The number of halogens is 2. The molecule has 1 aliphatic carbocycles. The zero-order valence-corrected chi connectivity index (χ0v) is 18.0. The fraction of sp³-hybridized carbons (Fsp3) is 0.632. The molecule has 5 nitrogen and oxygen atoms in total. The quantitative estimate of drug-likeness (QED) is 0.731. The molecule has 2 unspecified atom stereocenters. The fourth-order valence-corrected chi connectivity index (χ4v) is 3.38. The summed E-state index contributed by atoms with van der Waals surface area (Å²) in [5.74, 6) is -0.0943. The average molecular weight is 406 g/mol. The number of carbonyl (C=O) groups is 1. The van der Waals surface area contributed by atoms with Crippen LogP contribution < -0.4 is 11.1 Å². The summed E-state index contributed by atoms with van der Waals surface area (Å²) in [6.45, 7) is 7.97. The highest BCUT2D eigenvalue weighted by atomic mass is 35.5. The smallest absolute Gasteiger partial charge is 0.241 e. The number of carbonyl (C=O) groups excluding carboxylic acids is 1. The van der Waals surface area contributed by atoms with Gasteiger partial charge in [0, 0.05) is 31.5 Å².